The lowest BCUT2D eigenvalue weighted by Crippen LogP contribution is -2.34. The van der Waals surface area contributed by atoms with Gasteiger partial charge in [-0.1, -0.05) is 30.0 Å². The number of thioether (sulfide) groups is 1. The Morgan fingerprint density at radius 3 is 2.48 bits per heavy atom. The lowest BCUT2D eigenvalue weighted by atomic mass is 10.1. The minimum atomic E-state index is -1.32. The molecule has 1 amide bonds. The van der Waals surface area contributed by atoms with Crippen molar-refractivity contribution in [3.63, 3.8) is 0 Å². The Morgan fingerprint density at radius 1 is 1.26 bits per heavy atom. The van der Waals surface area contributed by atoms with Crippen LogP contribution in [0, 0.1) is 11.3 Å². The van der Waals surface area contributed by atoms with Crippen LogP contribution in [0.1, 0.15) is 37.3 Å². The van der Waals surface area contributed by atoms with Crippen molar-refractivity contribution in [2.45, 2.75) is 41.5 Å². The highest BCUT2D eigenvalue weighted by atomic mass is 32.2. The summed E-state index contributed by atoms with van der Waals surface area (Å²) in [4.78, 5) is 13.8. The molecule has 2 aromatic rings. The molecule has 2 unspecified atom stereocenters. The summed E-state index contributed by atoms with van der Waals surface area (Å²) in [7, 11) is 0. The van der Waals surface area contributed by atoms with E-state index in [9.17, 15) is 9.35 Å². The second kappa shape index (κ2) is 9.18. The molecule has 0 aliphatic heterocycles. The molecule has 7 heteroatoms. The zero-order valence-corrected chi connectivity index (χ0v) is 17.3. The number of nitrogens with zero attached hydrogens (tertiary/aromatic N) is 1. The molecule has 2 atom stereocenters. The van der Waals surface area contributed by atoms with Gasteiger partial charge < -0.3 is 14.6 Å². The largest absolute Gasteiger partial charge is 0.612 e. The Morgan fingerprint density at radius 2 is 1.93 bits per heavy atom. The van der Waals surface area contributed by atoms with Gasteiger partial charge in [-0.05, 0) is 56.2 Å². The first kappa shape index (κ1) is 21.2. The van der Waals surface area contributed by atoms with Crippen LogP contribution in [0.4, 0.5) is 4.79 Å². The molecule has 27 heavy (non-hydrogen) atoms. The Kier molecular flexibility index (Phi) is 7.19. The predicted molar refractivity (Wildman–Crippen MR) is 108 cm³/mol. The van der Waals surface area contributed by atoms with Crippen LogP contribution in [0.2, 0.25) is 0 Å². The summed E-state index contributed by atoms with van der Waals surface area (Å²) in [6, 6.07) is 16.6. The van der Waals surface area contributed by atoms with Gasteiger partial charge in [0.05, 0.1) is 11.6 Å². The van der Waals surface area contributed by atoms with E-state index >= 15 is 0 Å². The highest BCUT2D eigenvalue weighted by Gasteiger charge is 2.26. The van der Waals surface area contributed by atoms with Crippen molar-refractivity contribution in [3.05, 3.63) is 59.7 Å². The van der Waals surface area contributed by atoms with Gasteiger partial charge in [0, 0.05) is 16.5 Å². The van der Waals surface area contributed by atoms with Crippen molar-refractivity contribution in [1.82, 2.24) is 5.32 Å². The average Bonchev–Trinajstić information content (AvgIpc) is 2.60. The third kappa shape index (κ3) is 6.51. The molecule has 0 bridgehead atoms. The summed E-state index contributed by atoms with van der Waals surface area (Å²) in [5, 5.41) is 11.5. The van der Waals surface area contributed by atoms with Gasteiger partial charge in [-0.25, -0.2) is 4.79 Å². The van der Waals surface area contributed by atoms with Crippen molar-refractivity contribution in [1.29, 1.82) is 5.26 Å². The fraction of sp³-hybridized carbons (Fsp3) is 0.300. The quantitative estimate of drug-likeness (QED) is 0.448. The third-order valence-electron chi connectivity index (χ3n) is 3.38. The maximum atomic E-state index is 12.4. The second-order valence-electron chi connectivity index (χ2n) is 6.78. The van der Waals surface area contributed by atoms with Crippen molar-refractivity contribution in [2.24, 2.45) is 0 Å². The minimum Gasteiger partial charge on any atom is -0.612 e. The van der Waals surface area contributed by atoms with Crippen LogP contribution in [-0.2, 0) is 15.9 Å². The van der Waals surface area contributed by atoms with Crippen LogP contribution < -0.4 is 5.32 Å². The van der Waals surface area contributed by atoms with Crippen molar-refractivity contribution in [3.8, 4) is 6.07 Å². The summed E-state index contributed by atoms with van der Waals surface area (Å²) in [5.41, 5.74) is 0.465. The molecule has 0 aliphatic rings. The van der Waals surface area contributed by atoms with E-state index in [0.717, 1.165) is 4.90 Å². The van der Waals surface area contributed by atoms with E-state index in [2.05, 4.69) is 11.4 Å². The van der Waals surface area contributed by atoms with Crippen LogP contribution in [0.5, 0.6) is 0 Å². The molecule has 142 valence electrons. The molecule has 0 aromatic heterocycles. The Hall–Kier alpha value is -2.14. The molecule has 5 nitrogen and oxygen atoms in total. The molecule has 2 rings (SSSR count). The number of carbonyl (C=O) groups excluding carboxylic acids is 1. The average molecular weight is 403 g/mol. The maximum absolute atomic E-state index is 12.4. The molecule has 0 aliphatic carbocycles. The van der Waals surface area contributed by atoms with Crippen LogP contribution in [0.15, 0.2) is 58.3 Å². The van der Waals surface area contributed by atoms with E-state index in [-0.39, 0.29) is 0 Å². The van der Waals surface area contributed by atoms with E-state index in [1.807, 2.05) is 30.3 Å². The first-order valence-corrected chi connectivity index (χ1v) is 10.7. The zero-order valence-electron chi connectivity index (χ0n) is 15.7. The fourth-order valence-electron chi connectivity index (χ4n) is 2.29. The standard InChI is InChI=1S/C20H22N2O3S2/c1-20(2,3)25-19(23)22-18(26-15-8-6-5-7-9-15)16-11-10-14(13-21)12-17(16)27(4)24/h5-12,18H,1-4H3,(H,22,23). The predicted octanol–water partition coefficient (Wildman–Crippen LogP) is 4.61. The van der Waals surface area contributed by atoms with Gasteiger partial charge in [-0.2, -0.15) is 5.26 Å². The smallest absolute Gasteiger partial charge is 0.408 e. The summed E-state index contributed by atoms with van der Waals surface area (Å²) >= 11 is 0.0905. The van der Waals surface area contributed by atoms with Gasteiger partial charge in [0.15, 0.2) is 4.90 Å². The Bertz CT molecular complexity index is 827. The first-order valence-electron chi connectivity index (χ1n) is 8.28. The second-order valence-corrected chi connectivity index (χ2v) is 9.30. The number of hydrogen-bond acceptors (Lipinski definition) is 5. The van der Waals surface area contributed by atoms with E-state index in [0.29, 0.717) is 16.0 Å². The lowest BCUT2D eigenvalue weighted by Gasteiger charge is -2.24. The molecule has 1 N–H and O–H groups in total. The molecule has 0 spiro atoms. The number of benzene rings is 2. The van der Waals surface area contributed by atoms with Gasteiger partial charge >= 0.3 is 6.09 Å². The lowest BCUT2D eigenvalue weighted by molar-refractivity contribution is 0.0521. The molecular weight excluding hydrogens is 380 g/mol. The number of alkyl carbamates (subject to hydrolysis) is 1. The van der Waals surface area contributed by atoms with Gasteiger partial charge in [-0.15, -0.1) is 0 Å². The number of ether oxygens (including phenoxy) is 1. The van der Waals surface area contributed by atoms with Crippen LogP contribution in [-0.4, -0.2) is 22.5 Å². The number of amides is 1. The number of carbonyl (C=O) groups is 1. The van der Waals surface area contributed by atoms with E-state index in [1.165, 1.54) is 11.8 Å². The Balaban J connectivity index is 2.40. The van der Waals surface area contributed by atoms with Crippen LogP contribution in [0.25, 0.3) is 0 Å². The summed E-state index contributed by atoms with van der Waals surface area (Å²) in [5.74, 6) is 0. The highest BCUT2D eigenvalue weighted by molar-refractivity contribution is 7.99. The molecule has 0 radical (unpaired) electrons. The van der Waals surface area contributed by atoms with Crippen LogP contribution >= 0.6 is 11.8 Å². The number of hydrogen-bond donors (Lipinski definition) is 1. The zero-order chi connectivity index (χ0) is 20.0. The van der Waals surface area contributed by atoms with E-state index < -0.39 is 28.2 Å². The molecule has 0 heterocycles. The highest BCUT2D eigenvalue weighted by Crippen LogP contribution is 2.36. The summed E-state index contributed by atoms with van der Waals surface area (Å²) < 4.78 is 17.6. The van der Waals surface area contributed by atoms with Gasteiger partial charge in [0.25, 0.3) is 0 Å². The third-order valence-corrected chi connectivity index (χ3v) is 5.50. The van der Waals surface area contributed by atoms with Gasteiger partial charge in [0.2, 0.25) is 0 Å². The minimum absolute atomic E-state index is 0.421. The molecule has 2 aromatic carbocycles. The number of rotatable bonds is 5. The van der Waals surface area contributed by atoms with Crippen LogP contribution in [0.3, 0.4) is 0 Å². The normalized spacial score (nSPS) is 13.3. The maximum Gasteiger partial charge on any atom is 0.408 e. The topological polar surface area (TPSA) is 85.2 Å². The van der Waals surface area contributed by atoms with Gasteiger partial charge in [0.1, 0.15) is 17.2 Å². The first-order chi connectivity index (χ1) is 12.7. The number of nitrogens with one attached hydrogen (secondary N) is 1. The molecule has 0 saturated heterocycles. The molecule has 0 saturated carbocycles. The SMILES string of the molecule is C[S+]([O-])c1cc(C#N)ccc1C(NC(=O)OC(C)(C)C)Sc1ccccc1. The van der Waals surface area contributed by atoms with E-state index in [4.69, 9.17) is 10.00 Å². The summed E-state index contributed by atoms with van der Waals surface area (Å²) in [6.45, 7) is 5.38. The van der Waals surface area contributed by atoms with Crippen molar-refractivity contribution >= 4 is 29.0 Å². The van der Waals surface area contributed by atoms with Crippen molar-refractivity contribution < 1.29 is 14.1 Å². The van der Waals surface area contributed by atoms with Gasteiger partial charge in [-0.3, -0.25) is 0 Å². The summed E-state index contributed by atoms with van der Waals surface area (Å²) in [6.07, 6.45) is 0.991. The van der Waals surface area contributed by atoms with E-state index in [1.54, 1.807) is 45.2 Å². The number of nitriles is 1. The Labute approximate surface area is 167 Å². The van der Waals surface area contributed by atoms with Crippen molar-refractivity contribution in [2.75, 3.05) is 6.26 Å². The monoisotopic (exact) mass is 402 g/mol. The molecule has 0 fully saturated rings. The fourth-order valence-corrected chi connectivity index (χ4v) is 4.25. The molecular formula is C20H22N2O3S2.